The minimum atomic E-state index is -0.582. The molecule has 0 aromatic heterocycles. The molecule has 0 amide bonds. The topological polar surface area (TPSA) is 32.3 Å². The first kappa shape index (κ1) is 9.22. The van der Waals surface area contributed by atoms with E-state index in [1.54, 1.807) is 0 Å². The van der Waals surface area contributed by atoms with Gasteiger partial charge in [0.15, 0.2) is 0 Å². The molecule has 0 aromatic carbocycles. The molecule has 2 heteroatoms. The van der Waals surface area contributed by atoms with Crippen molar-refractivity contribution in [2.75, 3.05) is 0 Å². The van der Waals surface area contributed by atoms with Crippen LogP contribution in [0.4, 0.5) is 0 Å². The van der Waals surface area contributed by atoms with E-state index >= 15 is 0 Å². The van der Waals surface area contributed by atoms with Crippen molar-refractivity contribution >= 4 is 0 Å². The Kier molecular flexibility index (Phi) is 2.20. The number of hydrogen-bond acceptors (Lipinski definition) is 2. The third-order valence-electron chi connectivity index (χ3n) is 3.54. The molecule has 0 aromatic rings. The minimum absolute atomic E-state index is 0.522. The summed E-state index contributed by atoms with van der Waals surface area (Å²) in [4.78, 5) is 0. The lowest BCUT2D eigenvalue weighted by atomic mass is 9.74. The lowest BCUT2D eigenvalue weighted by Crippen LogP contribution is -2.56. The molecule has 2 saturated heterocycles. The second-order valence-corrected chi connectivity index (χ2v) is 4.71. The Morgan fingerprint density at radius 1 is 1.38 bits per heavy atom. The van der Waals surface area contributed by atoms with Crippen molar-refractivity contribution in [1.29, 1.82) is 0 Å². The molecule has 74 valence electrons. The fourth-order valence-electron chi connectivity index (χ4n) is 2.68. The van der Waals surface area contributed by atoms with Gasteiger partial charge in [0.25, 0.3) is 0 Å². The first-order valence-corrected chi connectivity index (χ1v) is 5.24. The van der Waals surface area contributed by atoms with Gasteiger partial charge in [-0.05, 0) is 38.2 Å². The van der Waals surface area contributed by atoms with E-state index in [1.165, 1.54) is 19.3 Å². The van der Waals surface area contributed by atoms with Crippen molar-refractivity contribution in [1.82, 2.24) is 5.32 Å². The molecule has 2 atom stereocenters. The third-order valence-corrected chi connectivity index (χ3v) is 3.54. The molecule has 2 rings (SSSR count). The Morgan fingerprint density at radius 3 is 2.38 bits per heavy atom. The van der Waals surface area contributed by atoms with Gasteiger partial charge in [-0.25, -0.2) is 0 Å². The highest BCUT2D eigenvalue weighted by atomic mass is 16.3. The van der Waals surface area contributed by atoms with Gasteiger partial charge in [-0.3, -0.25) is 0 Å². The Morgan fingerprint density at radius 2 is 1.92 bits per heavy atom. The summed E-state index contributed by atoms with van der Waals surface area (Å²) in [7, 11) is 0. The summed E-state index contributed by atoms with van der Waals surface area (Å²) in [6.45, 7) is 5.85. The van der Waals surface area contributed by atoms with Crippen LogP contribution in [0.3, 0.4) is 0 Å². The average molecular weight is 181 g/mol. The minimum Gasteiger partial charge on any atom is -0.385 e. The van der Waals surface area contributed by atoms with E-state index in [0.29, 0.717) is 12.1 Å². The summed E-state index contributed by atoms with van der Waals surface area (Å²) in [5, 5.41) is 13.9. The van der Waals surface area contributed by atoms with Gasteiger partial charge in [-0.2, -0.15) is 0 Å². The summed E-state index contributed by atoms with van der Waals surface area (Å²) >= 11 is 0. The third kappa shape index (κ3) is 1.65. The van der Waals surface area contributed by atoms with E-state index in [1.807, 2.05) is 6.92 Å². The summed E-state index contributed by atoms with van der Waals surface area (Å²) < 4.78 is 0. The van der Waals surface area contributed by atoms with E-state index in [4.69, 9.17) is 0 Å². The lowest BCUT2D eigenvalue weighted by molar-refractivity contribution is 0.0000566. The van der Waals surface area contributed by atoms with Crippen LogP contribution in [0.2, 0.25) is 0 Å². The monoisotopic (exact) mass is 181 g/mol. The SMILES string of the molecule is C=C(C)C1(O)CC2CCCC(C1)N2. The molecule has 2 nitrogen and oxygen atoms in total. The number of rotatable bonds is 1. The highest BCUT2D eigenvalue weighted by molar-refractivity contribution is 5.15. The van der Waals surface area contributed by atoms with Crippen LogP contribution in [-0.4, -0.2) is 22.8 Å². The second kappa shape index (κ2) is 3.10. The fourth-order valence-corrected chi connectivity index (χ4v) is 2.68. The molecule has 2 bridgehead atoms. The standard InChI is InChI=1S/C11H19NO/c1-8(2)11(13)6-9-4-3-5-10(7-11)12-9/h9-10,12-13H,1,3-7H2,2H3. The Labute approximate surface area is 80.0 Å². The zero-order chi connectivity index (χ0) is 9.47. The molecule has 13 heavy (non-hydrogen) atoms. The summed E-state index contributed by atoms with van der Waals surface area (Å²) in [5.74, 6) is 0. The zero-order valence-corrected chi connectivity index (χ0v) is 8.34. The van der Waals surface area contributed by atoms with Crippen molar-refractivity contribution in [2.45, 2.75) is 56.7 Å². The van der Waals surface area contributed by atoms with Crippen LogP contribution in [0.25, 0.3) is 0 Å². The fraction of sp³-hybridized carbons (Fsp3) is 0.818. The van der Waals surface area contributed by atoms with Gasteiger partial charge in [0.2, 0.25) is 0 Å². The van der Waals surface area contributed by atoms with Gasteiger partial charge in [-0.15, -0.1) is 0 Å². The maximum absolute atomic E-state index is 10.3. The van der Waals surface area contributed by atoms with Crippen LogP contribution in [0.15, 0.2) is 12.2 Å². The molecule has 0 saturated carbocycles. The lowest BCUT2D eigenvalue weighted by Gasteiger charge is -2.45. The van der Waals surface area contributed by atoms with Gasteiger partial charge in [-0.1, -0.05) is 13.0 Å². The maximum Gasteiger partial charge on any atom is 0.0881 e. The Hall–Kier alpha value is -0.340. The molecule has 2 aliphatic rings. The quantitative estimate of drug-likeness (QED) is 0.602. The van der Waals surface area contributed by atoms with E-state index in [0.717, 1.165) is 18.4 Å². The van der Waals surface area contributed by atoms with Crippen LogP contribution in [-0.2, 0) is 0 Å². The molecule has 0 spiro atoms. The summed E-state index contributed by atoms with van der Waals surface area (Å²) in [6, 6.07) is 1.04. The van der Waals surface area contributed by atoms with Crippen molar-refractivity contribution in [2.24, 2.45) is 0 Å². The predicted octanol–water partition coefficient (Wildman–Crippen LogP) is 1.60. The second-order valence-electron chi connectivity index (χ2n) is 4.71. The Bertz CT molecular complexity index is 212. The number of fused-ring (bicyclic) bond motifs is 2. The number of nitrogens with one attached hydrogen (secondary N) is 1. The van der Waals surface area contributed by atoms with Crippen molar-refractivity contribution < 1.29 is 5.11 Å². The van der Waals surface area contributed by atoms with E-state index in [2.05, 4.69) is 11.9 Å². The normalized spacial score (nSPS) is 44.5. The molecule has 0 aliphatic carbocycles. The predicted molar refractivity (Wildman–Crippen MR) is 53.6 cm³/mol. The molecule has 2 heterocycles. The molecule has 2 unspecified atom stereocenters. The first-order valence-electron chi connectivity index (χ1n) is 5.24. The van der Waals surface area contributed by atoms with Gasteiger partial charge < -0.3 is 10.4 Å². The van der Waals surface area contributed by atoms with Crippen LogP contribution >= 0.6 is 0 Å². The Balaban J connectivity index is 2.13. The average Bonchev–Trinajstić information content (AvgIpc) is 2.02. The van der Waals surface area contributed by atoms with E-state index < -0.39 is 5.60 Å². The smallest absolute Gasteiger partial charge is 0.0881 e. The van der Waals surface area contributed by atoms with Gasteiger partial charge in [0, 0.05) is 12.1 Å². The number of piperidine rings is 2. The van der Waals surface area contributed by atoms with Crippen molar-refractivity contribution in [3.8, 4) is 0 Å². The molecular weight excluding hydrogens is 162 g/mol. The molecule has 0 radical (unpaired) electrons. The zero-order valence-electron chi connectivity index (χ0n) is 8.34. The van der Waals surface area contributed by atoms with E-state index in [-0.39, 0.29) is 0 Å². The number of aliphatic hydroxyl groups is 1. The molecular formula is C11H19NO. The molecule has 2 N–H and O–H groups in total. The molecule has 2 fully saturated rings. The maximum atomic E-state index is 10.3. The molecule has 2 aliphatic heterocycles. The van der Waals surface area contributed by atoms with Gasteiger partial charge >= 0.3 is 0 Å². The summed E-state index contributed by atoms with van der Waals surface area (Å²) in [6.07, 6.45) is 5.46. The van der Waals surface area contributed by atoms with Crippen molar-refractivity contribution in [3.63, 3.8) is 0 Å². The highest BCUT2D eigenvalue weighted by Gasteiger charge is 2.40. The van der Waals surface area contributed by atoms with E-state index in [9.17, 15) is 5.11 Å². The van der Waals surface area contributed by atoms with Gasteiger partial charge in [0.05, 0.1) is 5.60 Å². The highest BCUT2D eigenvalue weighted by Crippen LogP contribution is 2.36. The van der Waals surface area contributed by atoms with Crippen LogP contribution in [0.1, 0.15) is 39.0 Å². The van der Waals surface area contributed by atoms with Gasteiger partial charge in [0.1, 0.15) is 0 Å². The van der Waals surface area contributed by atoms with Crippen LogP contribution in [0, 0.1) is 0 Å². The van der Waals surface area contributed by atoms with Crippen LogP contribution in [0.5, 0.6) is 0 Å². The first-order chi connectivity index (χ1) is 6.10. The number of hydrogen-bond donors (Lipinski definition) is 2. The van der Waals surface area contributed by atoms with Crippen molar-refractivity contribution in [3.05, 3.63) is 12.2 Å². The summed E-state index contributed by atoms with van der Waals surface area (Å²) in [5.41, 5.74) is 0.354. The largest absolute Gasteiger partial charge is 0.385 e. The van der Waals surface area contributed by atoms with Crippen LogP contribution < -0.4 is 5.32 Å².